The molecule has 0 unspecified atom stereocenters. The van der Waals surface area contributed by atoms with Crippen molar-refractivity contribution in [2.45, 2.75) is 58.8 Å². The number of rotatable bonds is 9. The van der Waals surface area contributed by atoms with Crippen molar-refractivity contribution in [3.05, 3.63) is 29.6 Å². The number of nitrogens with one attached hydrogen (secondary N) is 1. The Morgan fingerprint density at radius 2 is 1.88 bits per heavy atom. The Balaban J connectivity index is 1.85. The summed E-state index contributed by atoms with van der Waals surface area (Å²) in [5, 5.41) is 3.25. The molecule has 1 heterocycles. The molecule has 1 aliphatic carbocycles. The van der Waals surface area contributed by atoms with E-state index in [4.69, 9.17) is 0 Å². The van der Waals surface area contributed by atoms with Gasteiger partial charge in [-0.3, -0.25) is 4.79 Å². The maximum atomic E-state index is 12.5. The lowest BCUT2D eigenvalue weighted by atomic mass is 9.97. The van der Waals surface area contributed by atoms with Gasteiger partial charge in [-0.1, -0.05) is 25.5 Å². The summed E-state index contributed by atoms with van der Waals surface area (Å²) in [5.41, 5.74) is 2.10. The molecule has 2 rings (SSSR count). The standard InChI is InChI=1S/C19H30N4O/c1-3-12-23(13-4-2)18(24)17-14-21-19(22-15-17)20-11-10-16-8-6-5-7-9-16/h8,14-15H,3-7,9-13H2,1-2H3,(H,20,21,22). The van der Waals surface area contributed by atoms with E-state index in [1.54, 1.807) is 12.4 Å². The van der Waals surface area contributed by atoms with E-state index < -0.39 is 0 Å². The van der Waals surface area contributed by atoms with Crippen molar-refractivity contribution in [3.63, 3.8) is 0 Å². The Labute approximate surface area is 145 Å². The minimum atomic E-state index is 0.0256. The molecule has 0 bridgehead atoms. The molecule has 0 radical (unpaired) electrons. The van der Waals surface area contributed by atoms with Crippen LogP contribution in [0.1, 0.15) is 69.2 Å². The van der Waals surface area contributed by atoms with Crippen LogP contribution in [0.25, 0.3) is 0 Å². The maximum absolute atomic E-state index is 12.5. The van der Waals surface area contributed by atoms with Crippen molar-refractivity contribution in [1.29, 1.82) is 0 Å². The zero-order chi connectivity index (χ0) is 17.2. The molecular weight excluding hydrogens is 300 g/mol. The van der Waals surface area contributed by atoms with Crippen LogP contribution in [0.4, 0.5) is 5.95 Å². The van der Waals surface area contributed by atoms with E-state index in [1.807, 2.05) is 4.90 Å². The summed E-state index contributed by atoms with van der Waals surface area (Å²) in [4.78, 5) is 22.9. The number of aromatic nitrogens is 2. The first-order valence-electron chi connectivity index (χ1n) is 9.27. The lowest BCUT2D eigenvalue weighted by molar-refractivity contribution is 0.0754. The van der Waals surface area contributed by atoms with E-state index in [9.17, 15) is 4.79 Å². The number of amides is 1. The predicted octanol–water partition coefficient (Wildman–Crippen LogP) is 4.04. The molecule has 0 saturated heterocycles. The van der Waals surface area contributed by atoms with Crippen LogP contribution in [0, 0.1) is 0 Å². The first-order chi connectivity index (χ1) is 11.7. The Kier molecular flexibility index (Phi) is 7.72. The topological polar surface area (TPSA) is 58.1 Å². The van der Waals surface area contributed by atoms with Gasteiger partial charge in [0.2, 0.25) is 5.95 Å². The van der Waals surface area contributed by atoms with Crippen LogP contribution in [0.5, 0.6) is 0 Å². The molecular formula is C19H30N4O. The molecule has 24 heavy (non-hydrogen) atoms. The number of carbonyl (C=O) groups excluding carboxylic acids is 1. The van der Waals surface area contributed by atoms with Crippen molar-refractivity contribution in [2.75, 3.05) is 25.0 Å². The summed E-state index contributed by atoms with van der Waals surface area (Å²) in [6, 6.07) is 0. The number of hydrogen-bond donors (Lipinski definition) is 1. The van der Waals surface area contributed by atoms with Gasteiger partial charge in [0.1, 0.15) is 0 Å². The van der Waals surface area contributed by atoms with Gasteiger partial charge in [-0.05, 0) is 44.9 Å². The van der Waals surface area contributed by atoms with Gasteiger partial charge in [-0.2, -0.15) is 0 Å². The highest BCUT2D eigenvalue weighted by Crippen LogP contribution is 2.19. The largest absolute Gasteiger partial charge is 0.354 e. The van der Waals surface area contributed by atoms with Crippen LogP contribution >= 0.6 is 0 Å². The highest BCUT2D eigenvalue weighted by molar-refractivity contribution is 5.93. The fourth-order valence-corrected chi connectivity index (χ4v) is 3.03. The van der Waals surface area contributed by atoms with Gasteiger partial charge in [0, 0.05) is 32.0 Å². The molecule has 0 fully saturated rings. The van der Waals surface area contributed by atoms with E-state index in [2.05, 4.69) is 35.2 Å². The maximum Gasteiger partial charge on any atom is 0.256 e. The monoisotopic (exact) mass is 330 g/mol. The van der Waals surface area contributed by atoms with Gasteiger partial charge >= 0.3 is 0 Å². The normalized spacial score (nSPS) is 14.2. The molecule has 1 amide bonds. The molecule has 1 aromatic heterocycles. The molecule has 1 N–H and O–H groups in total. The SMILES string of the molecule is CCCN(CCC)C(=O)c1cnc(NCCC2=CCCCC2)nc1. The molecule has 1 aliphatic rings. The van der Waals surface area contributed by atoms with E-state index in [0.29, 0.717) is 11.5 Å². The lowest BCUT2D eigenvalue weighted by Crippen LogP contribution is -2.32. The first-order valence-corrected chi connectivity index (χ1v) is 9.27. The van der Waals surface area contributed by atoms with E-state index in [1.165, 1.54) is 31.3 Å². The Bertz CT molecular complexity index is 533. The number of hydrogen-bond acceptors (Lipinski definition) is 4. The van der Waals surface area contributed by atoms with Gasteiger partial charge in [0.15, 0.2) is 0 Å². The van der Waals surface area contributed by atoms with Gasteiger partial charge in [0.05, 0.1) is 5.56 Å². The molecule has 132 valence electrons. The van der Waals surface area contributed by atoms with E-state index >= 15 is 0 Å². The van der Waals surface area contributed by atoms with Crippen LogP contribution in [0.3, 0.4) is 0 Å². The second-order valence-corrected chi connectivity index (χ2v) is 6.37. The van der Waals surface area contributed by atoms with Gasteiger partial charge in [-0.25, -0.2) is 9.97 Å². The van der Waals surface area contributed by atoms with Crippen LogP contribution in [0.2, 0.25) is 0 Å². The van der Waals surface area contributed by atoms with Crippen LogP contribution in [0.15, 0.2) is 24.0 Å². The van der Waals surface area contributed by atoms with Crippen LogP contribution < -0.4 is 5.32 Å². The number of anilines is 1. The Morgan fingerprint density at radius 3 is 2.46 bits per heavy atom. The van der Waals surface area contributed by atoms with Crippen molar-refractivity contribution in [2.24, 2.45) is 0 Å². The highest BCUT2D eigenvalue weighted by atomic mass is 16.2. The first kappa shape index (κ1) is 18.4. The average Bonchev–Trinajstić information content (AvgIpc) is 2.62. The number of nitrogens with zero attached hydrogens (tertiary/aromatic N) is 3. The second kappa shape index (κ2) is 10.1. The Hall–Kier alpha value is -1.91. The van der Waals surface area contributed by atoms with Crippen LogP contribution in [-0.4, -0.2) is 40.4 Å². The third kappa shape index (κ3) is 5.62. The van der Waals surface area contributed by atoms with Crippen LogP contribution in [-0.2, 0) is 0 Å². The van der Waals surface area contributed by atoms with Gasteiger partial charge in [-0.15, -0.1) is 0 Å². The average molecular weight is 330 g/mol. The summed E-state index contributed by atoms with van der Waals surface area (Å²) in [6.45, 7) is 6.57. The molecule has 5 nitrogen and oxygen atoms in total. The highest BCUT2D eigenvalue weighted by Gasteiger charge is 2.15. The number of carbonyl (C=O) groups is 1. The summed E-state index contributed by atoms with van der Waals surface area (Å²) in [5.74, 6) is 0.623. The van der Waals surface area contributed by atoms with E-state index in [0.717, 1.165) is 38.9 Å². The fraction of sp³-hybridized carbons (Fsp3) is 0.632. The minimum Gasteiger partial charge on any atom is -0.354 e. The number of allylic oxidation sites excluding steroid dienone is 1. The summed E-state index contributed by atoms with van der Waals surface area (Å²) in [7, 11) is 0. The van der Waals surface area contributed by atoms with Gasteiger partial charge < -0.3 is 10.2 Å². The fourth-order valence-electron chi connectivity index (χ4n) is 3.03. The molecule has 5 heteroatoms. The zero-order valence-electron chi connectivity index (χ0n) is 15.1. The minimum absolute atomic E-state index is 0.0256. The van der Waals surface area contributed by atoms with Crippen molar-refractivity contribution in [3.8, 4) is 0 Å². The van der Waals surface area contributed by atoms with Crippen molar-refractivity contribution >= 4 is 11.9 Å². The third-order valence-electron chi connectivity index (χ3n) is 4.29. The second-order valence-electron chi connectivity index (χ2n) is 6.37. The lowest BCUT2D eigenvalue weighted by Gasteiger charge is -2.21. The van der Waals surface area contributed by atoms with Crippen molar-refractivity contribution < 1.29 is 4.79 Å². The predicted molar refractivity (Wildman–Crippen MR) is 98.2 cm³/mol. The van der Waals surface area contributed by atoms with Gasteiger partial charge in [0.25, 0.3) is 5.91 Å². The zero-order valence-corrected chi connectivity index (χ0v) is 15.1. The summed E-state index contributed by atoms with van der Waals surface area (Å²) < 4.78 is 0. The smallest absolute Gasteiger partial charge is 0.256 e. The van der Waals surface area contributed by atoms with E-state index in [-0.39, 0.29) is 5.91 Å². The quantitative estimate of drug-likeness (QED) is 0.694. The molecule has 0 aromatic carbocycles. The summed E-state index contributed by atoms with van der Waals surface area (Å²) in [6.07, 6.45) is 13.7. The molecule has 0 spiro atoms. The molecule has 0 saturated carbocycles. The van der Waals surface area contributed by atoms with Crippen molar-refractivity contribution in [1.82, 2.24) is 14.9 Å². The third-order valence-corrected chi connectivity index (χ3v) is 4.29. The molecule has 0 aliphatic heterocycles. The summed E-state index contributed by atoms with van der Waals surface area (Å²) >= 11 is 0. The Morgan fingerprint density at radius 1 is 1.17 bits per heavy atom. The molecule has 0 atom stereocenters. The molecule has 1 aromatic rings.